The van der Waals surface area contributed by atoms with Crippen molar-refractivity contribution in [2.24, 2.45) is 17.8 Å². The number of hydrogen-bond donors (Lipinski definition) is 3. The van der Waals surface area contributed by atoms with Crippen molar-refractivity contribution in [3.05, 3.63) is 0 Å². The van der Waals surface area contributed by atoms with Crippen molar-refractivity contribution in [2.75, 3.05) is 17.3 Å². The summed E-state index contributed by atoms with van der Waals surface area (Å²) < 4.78 is 0. The zero-order valence-electron chi connectivity index (χ0n) is 34.9. The fourth-order valence-corrected chi connectivity index (χ4v) is 7.12. The van der Waals surface area contributed by atoms with Crippen LogP contribution >= 0.6 is 37.9 Å². The fraction of sp³-hybridized carbons (Fsp3) is 0.930. The minimum atomic E-state index is -0.901. The SMILES string of the molecule is CCCCCCCCCCC(CCS)C(=O)[O-].CCCCCCCCCCC(CCS)C(=O)[O-].CCCCCCCCCCC(CCS)C(=O)[O-].[CH3][Sn+3]. The third-order valence-corrected chi connectivity index (χ3v) is 10.4. The third kappa shape index (κ3) is 50.2. The van der Waals surface area contributed by atoms with Gasteiger partial charge in [0.15, 0.2) is 0 Å². The molecule has 3 unspecified atom stereocenters. The number of hydrogen-bond acceptors (Lipinski definition) is 9. The van der Waals surface area contributed by atoms with Crippen LogP contribution in [0.3, 0.4) is 0 Å². The monoisotopic (exact) mass is 912 g/mol. The van der Waals surface area contributed by atoms with Crippen molar-refractivity contribution in [2.45, 2.75) is 218 Å². The van der Waals surface area contributed by atoms with Crippen molar-refractivity contribution in [3.8, 4) is 0 Å². The number of carbonyl (C=O) groups is 3. The molecule has 10 heteroatoms. The van der Waals surface area contributed by atoms with Crippen LogP contribution < -0.4 is 15.3 Å². The van der Waals surface area contributed by atoms with Crippen LogP contribution in [0.4, 0.5) is 0 Å². The Bertz CT molecular complexity index is 652. The molecule has 53 heavy (non-hydrogen) atoms. The molecule has 0 aliphatic heterocycles. The molecule has 0 aromatic heterocycles. The molecule has 0 aliphatic rings. The Balaban J connectivity index is -0.000000331. The van der Waals surface area contributed by atoms with Gasteiger partial charge in [-0.1, -0.05) is 175 Å². The third-order valence-electron chi connectivity index (χ3n) is 9.65. The van der Waals surface area contributed by atoms with Gasteiger partial charge in [-0.25, -0.2) is 0 Å². The first kappa shape index (κ1) is 59.9. The van der Waals surface area contributed by atoms with E-state index < -0.39 is 17.9 Å². The Labute approximate surface area is 359 Å². The van der Waals surface area contributed by atoms with Gasteiger partial charge in [0.05, 0.1) is 0 Å². The van der Waals surface area contributed by atoms with Crippen LogP contribution in [-0.4, -0.2) is 57.7 Å². The Kier molecular flexibility index (Phi) is 59.1. The Morgan fingerprint density at radius 2 is 0.528 bits per heavy atom. The summed E-state index contributed by atoms with van der Waals surface area (Å²) >= 11 is 13.8. The van der Waals surface area contributed by atoms with Crippen molar-refractivity contribution < 1.29 is 29.7 Å². The van der Waals surface area contributed by atoms with Gasteiger partial charge in [0.25, 0.3) is 0 Å². The molecule has 0 saturated carbocycles. The van der Waals surface area contributed by atoms with Gasteiger partial charge in [-0.3, -0.25) is 0 Å². The average molecular weight is 912 g/mol. The summed E-state index contributed by atoms with van der Waals surface area (Å²) in [5.41, 5.74) is 0. The van der Waals surface area contributed by atoms with Crippen LogP contribution in [-0.2, 0) is 14.4 Å². The van der Waals surface area contributed by atoms with Crippen molar-refractivity contribution >= 4 is 78.3 Å². The summed E-state index contributed by atoms with van der Waals surface area (Å²) in [7, 11) is 0. The second-order valence-electron chi connectivity index (χ2n) is 14.4. The predicted octanol–water partition coefficient (Wildman–Crippen LogP) is 9.81. The van der Waals surface area contributed by atoms with E-state index in [0.717, 1.165) is 57.8 Å². The van der Waals surface area contributed by atoms with E-state index in [2.05, 4.69) is 63.6 Å². The maximum atomic E-state index is 10.8. The molecule has 0 bridgehead atoms. The molecule has 0 aromatic rings. The van der Waals surface area contributed by atoms with Crippen molar-refractivity contribution in [3.63, 3.8) is 0 Å². The summed E-state index contributed by atoms with van der Waals surface area (Å²) in [6, 6.07) is 0. The molecular formula is C43H84O6S3Sn. The van der Waals surface area contributed by atoms with Gasteiger partial charge in [0.1, 0.15) is 0 Å². The van der Waals surface area contributed by atoms with Crippen molar-refractivity contribution in [1.29, 1.82) is 0 Å². The van der Waals surface area contributed by atoms with Gasteiger partial charge in [-0.05, 0) is 73.5 Å². The number of aliphatic carboxylic acids is 3. The second-order valence-corrected chi connectivity index (χ2v) is 15.7. The van der Waals surface area contributed by atoms with Gasteiger partial charge >= 0.3 is 27.5 Å². The summed E-state index contributed by atoms with van der Waals surface area (Å²) in [6.45, 7) is 6.67. The fourth-order valence-electron chi connectivity index (χ4n) is 6.18. The zero-order valence-corrected chi connectivity index (χ0v) is 40.4. The molecule has 0 radical (unpaired) electrons. The molecule has 0 amide bonds. The number of carbonyl (C=O) groups excluding carboxylic acids is 3. The first-order valence-corrected chi connectivity index (χ1v) is 26.4. The number of thiol groups is 3. The quantitative estimate of drug-likeness (QED) is 0.0327. The van der Waals surface area contributed by atoms with Crippen LogP contribution in [0.15, 0.2) is 0 Å². The Morgan fingerprint density at radius 3 is 0.679 bits per heavy atom. The van der Waals surface area contributed by atoms with Crippen LogP contribution in [0.25, 0.3) is 0 Å². The molecule has 0 heterocycles. The molecule has 0 aliphatic carbocycles. The molecule has 0 saturated heterocycles. The van der Waals surface area contributed by atoms with Crippen LogP contribution in [0, 0.1) is 17.8 Å². The second kappa shape index (κ2) is 52.3. The van der Waals surface area contributed by atoms with Crippen LogP contribution in [0.1, 0.15) is 213 Å². The minimum absolute atomic E-state index is 0.285. The normalized spacial score (nSPS) is 12.2. The van der Waals surface area contributed by atoms with Gasteiger partial charge < -0.3 is 29.7 Å². The molecule has 0 N–H and O–H groups in total. The van der Waals surface area contributed by atoms with E-state index in [4.69, 9.17) is 0 Å². The van der Waals surface area contributed by atoms with E-state index in [1.54, 1.807) is 22.5 Å². The van der Waals surface area contributed by atoms with E-state index >= 15 is 0 Å². The Hall–Kier alpha value is 0.259. The summed E-state index contributed by atoms with van der Waals surface area (Å²) in [5.74, 6) is -1.65. The number of unbranched alkanes of at least 4 members (excludes halogenated alkanes) is 21. The van der Waals surface area contributed by atoms with E-state index in [9.17, 15) is 29.7 Å². The first-order valence-electron chi connectivity index (χ1n) is 21.6. The van der Waals surface area contributed by atoms with Gasteiger partial charge in [0, 0.05) is 17.9 Å². The molecule has 314 valence electrons. The topological polar surface area (TPSA) is 120 Å². The van der Waals surface area contributed by atoms with E-state index in [1.165, 1.54) is 116 Å². The van der Waals surface area contributed by atoms with E-state index in [0.29, 0.717) is 36.5 Å². The molecule has 6 nitrogen and oxygen atoms in total. The van der Waals surface area contributed by atoms with Gasteiger partial charge in [-0.15, -0.1) is 0 Å². The average Bonchev–Trinajstić information content (AvgIpc) is 3.14. The molecule has 0 rings (SSSR count). The van der Waals surface area contributed by atoms with Crippen LogP contribution in [0.2, 0.25) is 4.94 Å². The number of carboxylic acids is 3. The van der Waals surface area contributed by atoms with Crippen molar-refractivity contribution in [1.82, 2.24) is 0 Å². The van der Waals surface area contributed by atoms with Gasteiger partial charge in [0.2, 0.25) is 0 Å². The standard InChI is InChI=1S/3C14H28O2S.CH3.Sn/c3*1-2-3-4-5-6-7-8-9-10-13(11-12-17)14(15)16;;/h3*13,17H,2-12H2,1H3,(H,15,16);1H3;/q;;;;+3/p-3. The van der Waals surface area contributed by atoms with Gasteiger partial charge in [-0.2, -0.15) is 37.9 Å². The first-order chi connectivity index (χ1) is 25.7. The van der Waals surface area contributed by atoms with E-state index in [-0.39, 0.29) is 17.8 Å². The van der Waals surface area contributed by atoms with Crippen LogP contribution in [0.5, 0.6) is 0 Å². The summed E-state index contributed by atoms with van der Waals surface area (Å²) in [4.78, 5) is 34.4. The summed E-state index contributed by atoms with van der Waals surface area (Å²) in [6.07, 6.45) is 34.2. The predicted molar refractivity (Wildman–Crippen MR) is 234 cm³/mol. The zero-order chi connectivity index (χ0) is 40.8. The number of rotatable bonds is 36. The molecule has 0 spiro atoms. The maximum absolute atomic E-state index is 10.8. The molecule has 0 fully saturated rings. The molecule has 3 atom stereocenters. The Morgan fingerprint density at radius 1 is 0.358 bits per heavy atom. The number of carboxylic acid groups (broad SMARTS) is 3. The molecule has 0 aromatic carbocycles. The van der Waals surface area contributed by atoms with E-state index in [1.807, 2.05) is 0 Å². The molecular weight excluding hydrogens is 827 g/mol. The summed E-state index contributed by atoms with van der Waals surface area (Å²) in [5, 5.41) is 32.3.